The van der Waals surface area contributed by atoms with E-state index in [9.17, 15) is 4.39 Å². The van der Waals surface area contributed by atoms with E-state index in [1.54, 1.807) is 44.8 Å². The molecule has 3 rings (SSSR count). The van der Waals surface area contributed by atoms with Gasteiger partial charge < -0.3 is 19.5 Å². The molecule has 0 radical (unpaired) electrons. The monoisotopic (exact) mass is 389 g/mol. The Morgan fingerprint density at radius 1 is 0.963 bits per heavy atom. The zero-order valence-electron chi connectivity index (χ0n) is 14.9. The molecular formula is C19H17ClFN3O3. The Bertz CT molecular complexity index is 944. The molecule has 0 amide bonds. The minimum Gasteiger partial charge on any atom is -0.493 e. The van der Waals surface area contributed by atoms with Crippen LogP contribution in [-0.2, 0) is 0 Å². The molecule has 2 aromatic carbocycles. The van der Waals surface area contributed by atoms with Crippen molar-refractivity contribution in [3.8, 4) is 28.5 Å². The number of benzene rings is 2. The van der Waals surface area contributed by atoms with Gasteiger partial charge in [-0.25, -0.2) is 9.37 Å². The summed E-state index contributed by atoms with van der Waals surface area (Å²) in [6.45, 7) is 0. The number of methoxy groups -OCH3 is 3. The Hall–Kier alpha value is -3.06. The van der Waals surface area contributed by atoms with Crippen LogP contribution >= 0.6 is 11.6 Å². The van der Waals surface area contributed by atoms with E-state index < -0.39 is 5.82 Å². The molecule has 0 fully saturated rings. The lowest BCUT2D eigenvalue weighted by molar-refractivity contribution is 0.324. The molecule has 0 aliphatic carbocycles. The number of nitrogens with one attached hydrogen (secondary N) is 1. The third kappa shape index (κ3) is 4.03. The maximum atomic E-state index is 13.3. The van der Waals surface area contributed by atoms with Gasteiger partial charge in [-0.05, 0) is 30.3 Å². The van der Waals surface area contributed by atoms with E-state index in [0.29, 0.717) is 34.4 Å². The van der Waals surface area contributed by atoms with E-state index in [0.717, 1.165) is 5.56 Å². The van der Waals surface area contributed by atoms with Crippen molar-refractivity contribution < 1.29 is 18.6 Å². The fourth-order valence-corrected chi connectivity index (χ4v) is 2.70. The van der Waals surface area contributed by atoms with Crippen LogP contribution in [-0.4, -0.2) is 31.3 Å². The average molecular weight is 390 g/mol. The topological polar surface area (TPSA) is 65.5 Å². The van der Waals surface area contributed by atoms with Gasteiger partial charge in [-0.3, -0.25) is 4.98 Å². The van der Waals surface area contributed by atoms with E-state index in [1.165, 1.54) is 19.2 Å². The third-order valence-corrected chi connectivity index (χ3v) is 4.08. The Morgan fingerprint density at radius 2 is 1.67 bits per heavy atom. The lowest BCUT2D eigenvalue weighted by Crippen LogP contribution is -1.99. The Kier molecular flexibility index (Phi) is 5.61. The molecule has 3 aromatic rings. The minimum absolute atomic E-state index is 0.0220. The number of aromatic nitrogens is 2. The van der Waals surface area contributed by atoms with Crippen LogP contribution in [0.1, 0.15) is 0 Å². The second-order valence-electron chi connectivity index (χ2n) is 5.46. The molecule has 27 heavy (non-hydrogen) atoms. The van der Waals surface area contributed by atoms with Crippen molar-refractivity contribution in [2.24, 2.45) is 0 Å². The normalized spacial score (nSPS) is 10.4. The van der Waals surface area contributed by atoms with Gasteiger partial charge in [-0.15, -0.1) is 0 Å². The SMILES string of the molecule is COc1cc(-c2cncc(Nc3ccc(F)c(Cl)c3)n2)cc(OC)c1OC. The van der Waals surface area contributed by atoms with Gasteiger partial charge >= 0.3 is 0 Å². The molecule has 0 unspecified atom stereocenters. The van der Waals surface area contributed by atoms with Crippen molar-refractivity contribution in [3.05, 3.63) is 53.6 Å². The molecule has 0 saturated carbocycles. The predicted molar refractivity (Wildman–Crippen MR) is 102 cm³/mol. The molecule has 0 saturated heterocycles. The van der Waals surface area contributed by atoms with Crippen molar-refractivity contribution in [1.29, 1.82) is 0 Å². The molecule has 0 aliphatic heterocycles. The first-order valence-electron chi connectivity index (χ1n) is 7.90. The highest BCUT2D eigenvalue weighted by atomic mass is 35.5. The summed E-state index contributed by atoms with van der Waals surface area (Å²) in [5.41, 5.74) is 1.92. The smallest absolute Gasteiger partial charge is 0.203 e. The molecule has 0 spiro atoms. The largest absolute Gasteiger partial charge is 0.493 e. The maximum absolute atomic E-state index is 13.3. The fourth-order valence-electron chi connectivity index (χ4n) is 2.52. The van der Waals surface area contributed by atoms with E-state index >= 15 is 0 Å². The molecule has 0 bridgehead atoms. The van der Waals surface area contributed by atoms with E-state index in [-0.39, 0.29) is 5.02 Å². The van der Waals surface area contributed by atoms with Crippen LogP contribution < -0.4 is 19.5 Å². The summed E-state index contributed by atoms with van der Waals surface area (Å²) in [4.78, 5) is 8.74. The zero-order valence-corrected chi connectivity index (χ0v) is 15.7. The zero-order chi connectivity index (χ0) is 19.4. The second-order valence-corrected chi connectivity index (χ2v) is 5.86. The number of ether oxygens (including phenoxy) is 3. The van der Waals surface area contributed by atoms with Gasteiger partial charge in [0.2, 0.25) is 5.75 Å². The minimum atomic E-state index is -0.487. The summed E-state index contributed by atoms with van der Waals surface area (Å²) >= 11 is 5.81. The van der Waals surface area contributed by atoms with Gasteiger partial charge in [0.25, 0.3) is 0 Å². The van der Waals surface area contributed by atoms with Crippen molar-refractivity contribution in [1.82, 2.24) is 9.97 Å². The number of rotatable bonds is 6. The molecule has 0 aliphatic rings. The highest BCUT2D eigenvalue weighted by Gasteiger charge is 2.15. The van der Waals surface area contributed by atoms with Crippen LogP contribution in [0.5, 0.6) is 17.2 Å². The quantitative estimate of drug-likeness (QED) is 0.658. The Labute approximate surface area is 160 Å². The number of hydrogen-bond donors (Lipinski definition) is 1. The lowest BCUT2D eigenvalue weighted by Gasteiger charge is -2.14. The molecule has 1 heterocycles. The molecule has 1 N–H and O–H groups in total. The number of nitrogens with zero attached hydrogens (tertiary/aromatic N) is 2. The molecule has 140 valence electrons. The van der Waals surface area contributed by atoms with Crippen molar-refractivity contribution in [2.75, 3.05) is 26.6 Å². The first-order valence-corrected chi connectivity index (χ1v) is 8.28. The summed E-state index contributed by atoms with van der Waals surface area (Å²) in [6, 6.07) is 7.88. The summed E-state index contributed by atoms with van der Waals surface area (Å²) < 4.78 is 29.4. The van der Waals surface area contributed by atoms with E-state index in [2.05, 4.69) is 15.3 Å². The van der Waals surface area contributed by atoms with Crippen molar-refractivity contribution >= 4 is 23.1 Å². The summed E-state index contributed by atoms with van der Waals surface area (Å²) in [7, 11) is 4.63. The lowest BCUT2D eigenvalue weighted by atomic mass is 10.1. The fraction of sp³-hybridized carbons (Fsp3) is 0.158. The van der Waals surface area contributed by atoms with Gasteiger partial charge in [-0.2, -0.15) is 0 Å². The van der Waals surface area contributed by atoms with Crippen LogP contribution in [0.25, 0.3) is 11.3 Å². The van der Waals surface area contributed by atoms with Crippen LogP contribution in [0.2, 0.25) is 5.02 Å². The van der Waals surface area contributed by atoms with Gasteiger partial charge in [0, 0.05) is 11.3 Å². The average Bonchev–Trinajstić information content (AvgIpc) is 2.69. The first kappa shape index (κ1) is 18.7. The van der Waals surface area contributed by atoms with Crippen molar-refractivity contribution in [2.45, 2.75) is 0 Å². The van der Waals surface area contributed by atoms with Gasteiger partial charge in [0.05, 0.1) is 44.4 Å². The van der Waals surface area contributed by atoms with Crippen LogP contribution in [0.4, 0.5) is 15.9 Å². The van der Waals surface area contributed by atoms with Gasteiger partial charge in [-0.1, -0.05) is 11.6 Å². The van der Waals surface area contributed by atoms with E-state index in [4.69, 9.17) is 25.8 Å². The summed E-state index contributed by atoms with van der Waals surface area (Å²) in [5.74, 6) is 1.50. The number of halogens is 2. The standard InChI is InChI=1S/C19H17ClFN3O3/c1-25-16-6-11(7-17(26-2)19(16)27-3)15-9-22-10-18(24-15)23-12-4-5-14(21)13(20)8-12/h4-10H,1-3H3,(H,23,24). The third-order valence-electron chi connectivity index (χ3n) is 3.79. The maximum Gasteiger partial charge on any atom is 0.203 e. The first-order chi connectivity index (χ1) is 13.0. The second kappa shape index (κ2) is 8.09. The number of hydrogen-bond acceptors (Lipinski definition) is 6. The Morgan fingerprint density at radius 3 is 2.26 bits per heavy atom. The van der Waals surface area contributed by atoms with Crippen LogP contribution in [0.3, 0.4) is 0 Å². The van der Waals surface area contributed by atoms with Crippen LogP contribution in [0, 0.1) is 5.82 Å². The summed E-state index contributed by atoms with van der Waals surface area (Å²) in [6.07, 6.45) is 3.17. The van der Waals surface area contributed by atoms with Gasteiger partial charge in [0.15, 0.2) is 11.5 Å². The molecule has 0 atom stereocenters. The Balaban J connectivity index is 1.96. The van der Waals surface area contributed by atoms with Crippen LogP contribution in [0.15, 0.2) is 42.7 Å². The predicted octanol–water partition coefficient (Wildman–Crippen LogP) is 4.71. The number of anilines is 2. The highest BCUT2D eigenvalue weighted by molar-refractivity contribution is 6.31. The molecule has 8 heteroatoms. The molecule has 1 aromatic heterocycles. The molecule has 6 nitrogen and oxygen atoms in total. The molecular weight excluding hydrogens is 373 g/mol. The van der Waals surface area contributed by atoms with Crippen molar-refractivity contribution in [3.63, 3.8) is 0 Å². The summed E-state index contributed by atoms with van der Waals surface area (Å²) in [5, 5.41) is 3.07. The highest BCUT2D eigenvalue weighted by Crippen LogP contribution is 2.40. The van der Waals surface area contributed by atoms with E-state index in [1.807, 2.05) is 0 Å². The van der Waals surface area contributed by atoms with Gasteiger partial charge in [0.1, 0.15) is 11.6 Å².